The summed E-state index contributed by atoms with van der Waals surface area (Å²) in [6.45, 7) is 9.15. The summed E-state index contributed by atoms with van der Waals surface area (Å²) in [5.74, 6) is 0. The molecule has 1 unspecified atom stereocenters. The molecular formula is C9H19O2S. The van der Waals surface area contributed by atoms with Crippen molar-refractivity contribution >= 4 is 9.84 Å². The highest BCUT2D eigenvalue weighted by Gasteiger charge is 2.23. The zero-order valence-electron chi connectivity index (χ0n) is 8.21. The van der Waals surface area contributed by atoms with E-state index in [0.717, 1.165) is 12.8 Å². The molecule has 0 aromatic heterocycles. The van der Waals surface area contributed by atoms with Crippen LogP contribution in [0.1, 0.15) is 40.0 Å². The Hall–Kier alpha value is -0.0500. The van der Waals surface area contributed by atoms with Gasteiger partial charge in [0.15, 0.2) is 9.84 Å². The van der Waals surface area contributed by atoms with E-state index in [4.69, 9.17) is 0 Å². The smallest absolute Gasteiger partial charge is 0.155 e. The molecule has 0 aromatic rings. The number of unbranched alkanes of at least 4 members (excludes halogenated alkanes) is 1. The summed E-state index contributed by atoms with van der Waals surface area (Å²) in [5.41, 5.74) is 0. The van der Waals surface area contributed by atoms with Crippen LogP contribution >= 0.6 is 0 Å². The SMILES string of the molecule is [CH2]C(CCCC)S(=O)(=O)C(C)C. The van der Waals surface area contributed by atoms with E-state index >= 15 is 0 Å². The molecule has 0 amide bonds. The Kier molecular flexibility index (Phi) is 4.83. The van der Waals surface area contributed by atoms with Crippen molar-refractivity contribution in [3.05, 3.63) is 6.92 Å². The van der Waals surface area contributed by atoms with Crippen LogP contribution in [0.2, 0.25) is 0 Å². The number of rotatable bonds is 5. The lowest BCUT2D eigenvalue weighted by molar-refractivity contribution is 0.570. The maximum atomic E-state index is 11.5. The third-order valence-corrected chi connectivity index (χ3v) is 4.48. The predicted octanol–water partition coefficient (Wildman–Crippen LogP) is 2.20. The monoisotopic (exact) mass is 191 g/mol. The van der Waals surface area contributed by atoms with Crippen molar-refractivity contribution < 1.29 is 8.42 Å². The van der Waals surface area contributed by atoms with E-state index in [9.17, 15) is 8.42 Å². The van der Waals surface area contributed by atoms with Gasteiger partial charge in [-0.3, -0.25) is 0 Å². The van der Waals surface area contributed by atoms with Crippen LogP contribution in [0.5, 0.6) is 0 Å². The van der Waals surface area contributed by atoms with Crippen molar-refractivity contribution in [1.82, 2.24) is 0 Å². The first-order chi connectivity index (χ1) is 5.42. The van der Waals surface area contributed by atoms with Gasteiger partial charge in [-0.05, 0) is 27.2 Å². The molecule has 0 aliphatic rings. The average molecular weight is 191 g/mol. The predicted molar refractivity (Wildman–Crippen MR) is 52.7 cm³/mol. The molecule has 3 heteroatoms. The third kappa shape index (κ3) is 3.13. The molecule has 0 N–H and O–H groups in total. The highest BCUT2D eigenvalue weighted by molar-refractivity contribution is 7.92. The second kappa shape index (κ2) is 4.85. The Morgan fingerprint density at radius 1 is 1.33 bits per heavy atom. The van der Waals surface area contributed by atoms with Crippen LogP contribution in [0.4, 0.5) is 0 Å². The first-order valence-corrected chi connectivity index (χ1v) is 6.09. The van der Waals surface area contributed by atoms with Crippen molar-refractivity contribution in [1.29, 1.82) is 0 Å². The Morgan fingerprint density at radius 3 is 2.17 bits per heavy atom. The molecule has 0 saturated carbocycles. The largest absolute Gasteiger partial charge is 0.228 e. The molecule has 0 fully saturated rings. The van der Waals surface area contributed by atoms with Crippen molar-refractivity contribution in [2.45, 2.75) is 50.5 Å². The molecule has 0 bridgehead atoms. The molecule has 73 valence electrons. The first-order valence-electron chi connectivity index (χ1n) is 4.48. The van der Waals surface area contributed by atoms with Gasteiger partial charge >= 0.3 is 0 Å². The van der Waals surface area contributed by atoms with Crippen LogP contribution < -0.4 is 0 Å². The number of hydrogen-bond donors (Lipinski definition) is 0. The van der Waals surface area contributed by atoms with Crippen LogP contribution in [-0.2, 0) is 9.84 Å². The zero-order valence-corrected chi connectivity index (χ0v) is 9.02. The Labute approximate surface area is 76.3 Å². The lowest BCUT2D eigenvalue weighted by Crippen LogP contribution is -2.26. The quantitative estimate of drug-likeness (QED) is 0.667. The van der Waals surface area contributed by atoms with Gasteiger partial charge in [-0.25, -0.2) is 8.42 Å². The van der Waals surface area contributed by atoms with Gasteiger partial charge < -0.3 is 0 Å². The minimum absolute atomic E-state index is 0.295. The Bertz CT molecular complexity index is 205. The zero-order chi connectivity index (χ0) is 9.78. The van der Waals surface area contributed by atoms with Crippen molar-refractivity contribution in [2.24, 2.45) is 0 Å². The van der Waals surface area contributed by atoms with Gasteiger partial charge in [0.1, 0.15) is 0 Å². The standard InChI is InChI=1S/C9H19O2S/c1-5-6-7-9(4)12(10,11)8(2)3/h8-9H,4-7H2,1-3H3. The fourth-order valence-electron chi connectivity index (χ4n) is 0.981. The number of hydrogen-bond acceptors (Lipinski definition) is 2. The average Bonchev–Trinajstić information content (AvgIpc) is 1.99. The van der Waals surface area contributed by atoms with E-state index in [2.05, 4.69) is 13.8 Å². The van der Waals surface area contributed by atoms with E-state index in [1.54, 1.807) is 13.8 Å². The molecular weight excluding hydrogens is 172 g/mol. The van der Waals surface area contributed by atoms with Gasteiger partial charge in [-0.2, -0.15) is 0 Å². The van der Waals surface area contributed by atoms with E-state index in [0.29, 0.717) is 6.42 Å². The number of sulfone groups is 1. The van der Waals surface area contributed by atoms with Gasteiger partial charge in [0.25, 0.3) is 0 Å². The molecule has 0 saturated heterocycles. The Morgan fingerprint density at radius 2 is 1.83 bits per heavy atom. The summed E-state index contributed by atoms with van der Waals surface area (Å²) < 4.78 is 22.9. The fraction of sp³-hybridized carbons (Fsp3) is 0.889. The lowest BCUT2D eigenvalue weighted by Gasteiger charge is -2.14. The lowest BCUT2D eigenvalue weighted by atomic mass is 10.2. The molecule has 0 aliphatic heterocycles. The van der Waals surface area contributed by atoms with Crippen LogP contribution in [0.15, 0.2) is 0 Å². The highest BCUT2D eigenvalue weighted by Crippen LogP contribution is 2.14. The summed E-state index contributed by atoms with van der Waals surface area (Å²) in [5, 5.41) is -0.714. The van der Waals surface area contributed by atoms with Crippen LogP contribution in [0.3, 0.4) is 0 Å². The molecule has 0 aromatic carbocycles. The van der Waals surface area contributed by atoms with Gasteiger partial charge in [-0.15, -0.1) is 0 Å². The van der Waals surface area contributed by atoms with Crippen LogP contribution in [-0.4, -0.2) is 18.9 Å². The topological polar surface area (TPSA) is 34.1 Å². The highest BCUT2D eigenvalue weighted by atomic mass is 32.2. The minimum atomic E-state index is -2.96. The second-order valence-corrected chi connectivity index (χ2v) is 6.19. The van der Waals surface area contributed by atoms with Crippen molar-refractivity contribution in [2.75, 3.05) is 0 Å². The molecule has 0 aliphatic carbocycles. The maximum Gasteiger partial charge on any atom is 0.155 e. The molecule has 2 nitrogen and oxygen atoms in total. The molecule has 0 rings (SSSR count). The fourth-order valence-corrected chi connectivity index (χ4v) is 2.25. The van der Waals surface area contributed by atoms with Gasteiger partial charge in [0.2, 0.25) is 0 Å². The van der Waals surface area contributed by atoms with Crippen LogP contribution in [0, 0.1) is 6.92 Å². The maximum absolute atomic E-state index is 11.5. The van der Waals surface area contributed by atoms with Gasteiger partial charge in [-0.1, -0.05) is 19.8 Å². The minimum Gasteiger partial charge on any atom is -0.228 e. The van der Waals surface area contributed by atoms with Gasteiger partial charge in [0.05, 0.1) is 10.5 Å². The molecule has 12 heavy (non-hydrogen) atoms. The summed E-state index contributed by atoms with van der Waals surface area (Å²) in [7, 11) is -2.96. The third-order valence-electron chi connectivity index (χ3n) is 2.00. The Balaban J connectivity index is 4.17. The van der Waals surface area contributed by atoms with E-state index in [1.807, 2.05) is 0 Å². The van der Waals surface area contributed by atoms with Crippen molar-refractivity contribution in [3.8, 4) is 0 Å². The van der Waals surface area contributed by atoms with E-state index in [-0.39, 0.29) is 5.25 Å². The normalized spacial score (nSPS) is 15.1. The van der Waals surface area contributed by atoms with Crippen molar-refractivity contribution in [3.63, 3.8) is 0 Å². The van der Waals surface area contributed by atoms with Gasteiger partial charge in [0, 0.05) is 0 Å². The molecule has 0 spiro atoms. The summed E-state index contributed by atoms with van der Waals surface area (Å²) in [6.07, 6.45) is 2.66. The summed E-state index contributed by atoms with van der Waals surface area (Å²) >= 11 is 0. The first kappa shape index (κ1) is 11.9. The summed E-state index contributed by atoms with van der Waals surface area (Å²) in [6, 6.07) is 0. The molecule has 0 heterocycles. The molecule has 1 atom stereocenters. The van der Waals surface area contributed by atoms with E-state index < -0.39 is 15.1 Å². The van der Waals surface area contributed by atoms with E-state index in [1.165, 1.54) is 0 Å². The van der Waals surface area contributed by atoms with Crippen LogP contribution in [0.25, 0.3) is 0 Å². The second-order valence-electron chi connectivity index (χ2n) is 3.40. The molecule has 1 radical (unpaired) electrons. The summed E-state index contributed by atoms with van der Waals surface area (Å²) in [4.78, 5) is 0.